The van der Waals surface area contributed by atoms with E-state index in [4.69, 9.17) is 0 Å². The topological polar surface area (TPSA) is 71.0 Å². The van der Waals surface area contributed by atoms with Gasteiger partial charge in [-0.1, -0.05) is 6.07 Å². The van der Waals surface area contributed by atoms with Crippen LogP contribution in [0.15, 0.2) is 48.2 Å². The third-order valence-corrected chi connectivity index (χ3v) is 7.10. The van der Waals surface area contributed by atoms with E-state index in [1.54, 1.807) is 47.2 Å². The predicted molar refractivity (Wildman–Crippen MR) is 116 cm³/mol. The van der Waals surface area contributed by atoms with Gasteiger partial charge in [0.05, 0.1) is 27.0 Å². The molecule has 4 aromatic rings. The SMILES string of the molecule is CC(c1ccc2scnc2c1)N1CCc2nc(NC(=O)c3cccnc3)sc2C1. The number of hydrogen-bond donors (Lipinski definition) is 1. The summed E-state index contributed by atoms with van der Waals surface area (Å²) in [6, 6.07) is 10.4. The summed E-state index contributed by atoms with van der Waals surface area (Å²) < 4.78 is 1.22. The van der Waals surface area contributed by atoms with Crippen molar-refractivity contribution in [2.45, 2.75) is 25.9 Å². The molecule has 0 aliphatic carbocycles. The number of hydrogen-bond acceptors (Lipinski definition) is 7. The summed E-state index contributed by atoms with van der Waals surface area (Å²) in [7, 11) is 0. The minimum absolute atomic E-state index is 0.175. The molecule has 0 fully saturated rings. The molecule has 3 aromatic heterocycles. The summed E-state index contributed by atoms with van der Waals surface area (Å²) in [5, 5.41) is 3.57. The van der Waals surface area contributed by atoms with Crippen molar-refractivity contribution >= 4 is 43.9 Å². The van der Waals surface area contributed by atoms with E-state index in [-0.39, 0.29) is 5.91 Å². The lowest BCUT2D eigenvalue weighted by Crippen LogP contribution is -2.32. The van der Waals surface area contributed by atoms with Gasteiger partial charge in [0.1, 0.15) is 0 Å². The molecule has 0 radical (unpaired) electrons. The highest BCUT2D eigenvalue weighted by atomic mass is 32.1. The zero-order valence-electron chi connectivity index (χ0n) is 15.8. The molecule has 1 aliphatic rings. The second-order valence-electron chi connectivity index (χ2n) is 7.06. The van der Waals surface area contributed by atoms with Crippen LogP contribution in [0.1, 0.15) is 39.5 Å². The van der Waals surface area contributed by atoms with Crippen LogP contribution in [0.3, 0.4) is 0 Å². The second kappa shape index (κ2) is 7.62. The first kappa shape index (κ1) is 18.4. The average molecular weight is 422 g/mol. The molecule has 0 saturated heterocycles. The molecular formula is C21H19N5OS2. The number of pyridine rings is 1. The largest absolute Gasteiger partial charge is 0.298 e. The van der Waals surface area contributed by atoms with Gasteiger partial charge in [-0.3, -0.25) is 20.0 Å². The zero-order chi connectivity index (χ0) is 19.8. The second-order valence-corrected chi connectivity index (χ2v) is 9.03. The predicted octanol–water partition coefficient (Wildman–Crippen LogP) is 4.52. The van der Waals surface area contributed by atoms with E-state index in [0.717, 1.165) is 30.7 Å². The van der Waals surface area contributed by atoms with Gasteiger partial charge in [-0.15, -0.1) is 22.7 Å². The van der Waals surface area contributed by atoms with Crippen molar-refractivity contribution in [3.05, 3.63) is 69.9 Å². The number of carbonyl (C=O) groups is 1. The van der Waals surface area contributed by atoms with Gasteiger partial charge in [0.15, 0.2) is 5.13 Å². The van der Waals surface area contributed by atoms with E-state index in [1.165, 1.54) is 15.1 Å². The molecule has 29 heavy (non-hydrogen) atoms. The Balaban J connectivity index is 1.31. The van der Waals surface area contributed by atoms with E-state index < -0.39 is 0 Å². The minimum Gasteiger partial charge on any atom is -0.298 e. The number of anilines is 1. The fourth-order valence-corrected chi connectivity index (χ4v) is 5.30. The number of carbonyl (C=O) groups excluding carboxylic acids is 1. The van der Waals surface area contributed by atoms with E-state index in [0.29, 0.717) is 16.7 Å². The van der Waals surface area contributed by atoms with Gasteiger partial charge < -0.3 is 0 Å². The Morgan fingerprint density at radius 3 is 3.10 bits per heavy atom. The molecule has 1 aliphatic heterocycles. The summed E-state index contributed by atoms with van der Waals surface area (Å²) in [4.78, 5) is 29.1. The quantitative estimate of drug-likeness (QED) is 0.525. The highest BCUT2D eigenvalue weighted by Gasteiger charge is 2.25. The van der Waals surface area contributed by atoms with E-state index in [9.17, 15) is 4.79 Å². The van der Waals surface area contributed by atoms with E-state index in [2.05, 4.69) is 50.3 Å². The zero-order valence-corrected chi connectivity index (χ0v) is 17.5. The van der Waals surface area contributed by atoms with Crippen LogP contribution in [0.25, 0.3) is 10.2 Å². The van der Waals surface area contributed by atoms with Gasteiger partial charge in [-0.25, -0.2) is 9.97 Å². The maximum absolute atomic E-state index is 12.4. The number of aromatic nitrogens is 3. The lowest BCUT2D eigenvalue weighted by atomic mass is 10.0. The standard InChI is InChI=1S/C21H19N5OS2/c1-13(14-4-5-18-17(9-14)23-12-28-18)26-8-6-16-19(11-26)29-21(24-16)25-20(27)15-3-2-7-22-10-15/h2-5,7,9-10,12-13H,6,8,11H2,1H3,(H,24,25,27). The number of nitrogens with one attached hydrogen (secondary N) is 1. The number of fused-ring (bicyclic) bond motifs is 2. The molecule has 4 heterocycles. The van der Waals surface area contributed by atoms with Crippen LogP contribution in [0.5, 0.6) is 0 Å². The number of thiazole rings is 2. The summed E-state index contributed by atoms with van der Waals surface area (Å²) in [5.74, 6) is -0.175. The van der Waals surface area contributed by atoms with Crippen molar-refractivity contribution < 1.29 is 4.79 Å². The highest BCUT2D eigenvalue weighted by molar-refractivity contribution is 7.16. The lowest BCUT2D eigenvalue weighted by molar-refractivity contribution is 0.102. The number of rotatable bonds is 4. The lowest BCUT2D eigenvalue weighted by Gasteiger charge is -2.32. The van der Waals surface area contributed by atoms with E-state index in [1.807, 2.05) is 5.51 Å². The number of amides is 1. The van der Waals surface area contributed by atoms with Gasteiger partial charge in [0.25, 0.3) is 5.91 Å². The van der Waals surface area contributed by atoms with E-state index >= 15 is 0 Å². The Morgan fingerprint density at radius 1 is 1.31 bits per heavy atom. The maximum atomic E-state index is 12.4. The first-order valence-electron chi connectivity index (χ1n) is 9.44. The van der Waals surface area contributed by atoms with Crippen LogP contribution in [-0.4, -0.2) is 32.3 Å². The average Bonchev–Trinajstić information content (AvgIpc) is 3.38. The smallest absolute Gasteiger partial charge is 0.259 e. The van der Waals surface area contributed by atoms with Crippen molar-refractivity contribution in [2.75, 3.05) is 11.9 Å². The van der Waals surface area contributed by atoms with Crippen LogP contribution in [0, 0.1) is 0 Å². The molecule has 0 spiro atoms. The van der Waals surface area contributed by atoms with Gasteiger partial charge >= 0.3 is 0 Å². The fourth-order valence-electron chi connectivity index (χ4n) is 3.61. The maximum Gasteiger partial charge on any atom is 0.259 e. The minimum atomic E-state index is -0.175. The van der Waals surface area contributed by atoms with Crippen molar-refractivity contribution in [2.24, 2.45) is 0 Å². The van der Waals surface area contributed by atoms with Crippen molar-refractivity contribution in [1.82, 2.24) is 19.9 Å². The molecule has 1 N–H and O–H groups in total. The Labute approximate surface area is 176 Å². The summed E-state index contributed by atoms with van der Waals surface area (Å²) in [6.07, 6.45) is 4.10. The van der Waals surface area contributed by atoms with Gasteiger partial charge in [-0.05, 0) is 36.8 Å². The molecule has 1 amide bonds. The molecule has 1 atom stereocenters. The molecular weight excluding hydrogens is 402 g/mol. The molecule has 146 valence electrons. The molecule has 0 bridgehead atoms. The molecule has 8 heteroatoms. The van der Waals surface area contributed by atoms with Crippen LogP contribution in [0.4, 0.5) is 5.13 Å². The summed E-state index contributed by atoms with van der Waals surface area (Å²) in [5.41, 5.74) is 5.87. The normalized spacial score (nSPS) is 15.2. The summed E-state index contributed by atoms with van der Waals surface area (Å²) >= 11 is 3.23. The Kier molecular flexibility index (Phi) is 4.83. The van der Waals surface area contributed by atoms with Crippen molar-refractivity contribution in [3.63, 3.8) is 0 Å². The van der Waals surface area contributed by atoms with Crippen LogP contribution in [0.2, 0.25) is 0 Å². The van der Waals surface area contributed by atoms with Crippen LogP contribution >= 0.6 is 22.7 Å². The highest BCUT2D eigenvalue weighted by Crippen LogP contribution is 2.33. The Bertz CT molecular complexity index is 1170. The van der Waals surface area contributed by atoms with Crippen molar-refractivity contribution in [3.8, 4) is 0 Å². The van der Waals surface area contributed by atoms with Gasteiger partial charge in [0.2, 0.25) is 0 Å². The molecule has 1 unspecified atom stereocenters. The Morgan fingerprint density at radius 2 is 2.24 bits per heavy atom. The van der Waals surface area contributed by atoms with Crippen LogP contribution in [-0.2, 0) is 13.0 Å². The molecule has 1 aromatic carbocycles. The Hall–Kier alpha value is -2.68. The van der Waals surface area contributed by atoms with Crippen molar-refractivity contribution in [1.29, 1.82) is 0 Å². The number of nitrogens with zero attached hydrogens (tertiary/aromatic N) is 4. The van der Waals surface area contributed by atoms with Gasteiger partial charge in [0, 0.05) is 42.8 Å². The monoisotopic (exact) mass is 421 g/mol. The third-order valence-electron chi connectivity index (χ3n) is 5.29. The molecule has 5 rings (SSSR count). The first-order chi connectivity index (χ1) is 14.2. The number of benzene rings is 1. The molecule has 6 nitrogen and oxygen atoms in total. The first-order valence-corrected chi connectivity index (χ1v) is 11.1. The third kappa shape index (κ3) is 3.66. The van der Waals surface area contributed by atoms with Gasteiger partial charge in [-0.2, -0.15) is 0 Å². The molecule has 0 saturated carbocycles. The fraction of sp³-hybridized carbons (Fsp3) is 0.238. The summed E-state index contributed by atoms with van der Waals surface area (Å²) in [6.45, 7) is 4.03. The van der Waals surface area contributed by atoms with Crippen LogP contribution < -0.4 is 5.32 Å².